The van der Waals surface area contributed by atoms with Gasteiger partial charge in [0.25, 0.3) is 0 Å². The highest BCUT2D eigenvalue weighted by atomic mass is 32.2. The number of fused-ring (bicyclic) bond motifs is 1. The molecule has 2 aromatic rings. The van der Waals surface area contributed by atoms with Crippen molar-refractivity contribution in [2.24, 2.45) is 0 Å². The van der Waals surface area contributed by atoms with E-state index < -0.39 is 0 Å². The topological polar surface area (TPSA) is 36.0 Å². The lowest BCUT2D eigenvalue weighted by molar-refractivity contribution is -0.130. The van der Waals surface area contributed by atoms with Gasteiger partial charge in [-0.25, -0.2) is 0 Å². The van der Waals surface area contributed by atoms with Gasteiger partial charge in [0.1, 0.15) is 5.75 Å². The Morgan fingerprint density at radius 2 is 1.90 bits per heavy atom. The molecule has 1 fully saturated rings. The number of benzene rings is 2. The van der Waals surface area contributed by atoms with Gasteiger partial charge in [-0.3, -0.25) is 4.79 Å². The SMILES string of the molecule is CCC1CN(CC(=O)N2CCN(c3cccc(OC)c3)CC2)c2ccccc2S1. The summed E-state index contributed by atoms with van der Waals surface area (Å²) in [6.07, 6.45) is 1.11. The summed E-state index contributed by atoms with van der Waals surface area (Å²) >= 11 is 1.94. The maximum atomic E-state index is 13.1. The highest BCUT2D eigenvalue weighted by Crippen LogP contribution is 2.39. The van der Waals surface area contributed by atoms with Crippen molar-refractivity contribution in [2.75, 3.05) is 56.2 Å². The molecule has 1 unspecified atom stereocenters. The van der Waals surface area contributed by atoms with Crippen molar-refractivity contribution < 1.29 is 9.53 Å². The van der Waals surface area contributed by atoms with Gasteiger partial charge in [-0.2, -0.15) is 0 Å². The number of carbonyl (C=O) groups is 1. The standard InChI is InChI=1S/C23H29N3O2S/c1-3-20-16-26(21-9-4-5-10-22(21)29-20)17-23(27)25-13-11-24(12-14-25)18-7-6-8-19(15-18)28-2/h4-10,15,20H,3,11-14,16-17H2,1-2H3. The van der Waals surface area contributed by atoms with Crippen LogP contribution >= 0.6 is 11.8 Å². The van der Waals surface area contributed by atoms with Crippen LogP contribution in [0.2, 0.25) is 0 Å². The van der Waals surface area contributed by atoms with E-state index >= 15 is 0 Å². The maximum absolute atomic E-state index is 13.1. The number of ether oxygens (including phenoxy) is 1. The second-order valence-electron chi connectivity index (χ2n) is 7.57. The zero-order chi connectivity index (χ0) is 20.2. The fraction of sp³-hybridized carbons (Fsp3) is 0.435. The molecule has 6 heteroatoms. The Balaban J connectivity index is 1.38. The average Bonchev–Trinajstić information content (AvgIpc) is 2.79. The van der Waals surface area contributed by atoms with Crippen LogP contribution in [0, 0.1) is 0 Å². The van der Waals surface area contributed by atoms with Crippen LogP contribution in [0.1, 0.15) is 13.3 Å². The number of carbonyl (C=O) groups excluding carboxylic acids is 1. The van der Waals surface area contributed by atoms with Crippen molar-refractivity contribution in [3.05, 3.63) is 48.5 Å². The number of methoxy groups -OCH3 is 1. The first-order valence-electron chi connectivity index (χ1n) is 10.4. The van der Waals surface area contributed by atoms with Gasteiger partial charge in [-0.15, -0.1) is 11.8 Å². The minimum absolute atomic E-state index is 0.229. The molecule has 29 heavy (non-hydrogen) atoms. The molecule has 1 amide bonds. The minimum atomic E-state index is 0.229. The smallest absolute Gasteiger partial charge is 0.242 e. The van der Waals surface area contributed by atoms with Crippen LogP contribution in [-0.2, 0) is 4.79 Å². The number of rotatable bonds is 5. The van der Waals surface area contributed by atoms with Crippen LogP contribution in [0.25, 0.3) is 0 Å². The second kappa shape index (κ2) is 8.99. The van der Waals surface area contributed by atoms with E-state index in [1.54, 1.807) is 7.11 Å². The quantitative estimate of drug-likeness (QED) is 0.749. The lowest BCUT2D eigenvalue weighted by atomic mass is 10.2. The van der Waals surface area contributed by atoms with E-state index in [1.165, 1.54) is 10.6 Å². The van der Waals surface area contributed by atoms with Gasteiger partial charge in [-0.05, 0) is 30.7 Å². The van der Waals surface area contributed by atoms with Crippen LogP contribution in [0.3, 0.4) is 0 Å². The Bertz CT molecular complexity index is 852. The molecule has 2 aliphatic rings. The van der Waals surface area contributed by atoms with E-state index in [9.17, 15) is 4.79 Å². The second-order valence-corrected chi connectivity index (χ2v) is 8.91. The van der Waals surface area contributed by atoms with E-state index in [0.717, 1.165) is 50.6 Å². The van der Waals surface area contributed by atoms with Gasteiger partial charge in [-0.1, -0.05) is 25.1 Å². The van der Waals surface area contributed by atoms with Crippen LogP contribution in [0.5, 0.6) is 5.75 Å². The van der Waals surface area contributed by atoms with Gasteiger partial charge >= 0.3 is 0 Å². The van der Waals surface area contributed by atoms with Gasteiger partial charge in [0.2, 0.25) is 5.91 Å². The third-order valence-electron chi connectivity index (χ3n) is 5.76. The molecule has 0 aromatic heterocycles. The Kier molecular flexibility index (Phi) is 6.19. The van der Waals surface area contributed by atoms with Crippen molar-refractivity contribution in [1.82, 2.24) is 4.90 Å². The zero-order valence-electron chi connectivity index (χ0n) is 17.2. The molecule has 0 bridgehead atoms. The summed E-state index contributed by atoms with van der Waals surface area (Å²) in [5.41, 5.74) is 2.36. The monoisotopic (exact) mass is 411 g/mol. The Morgan fingerprint density at radius 1 is 1.10 bits per heavy atom. The molecular formula is C23H29N3O2S. The largest absolute Gasteiger partial charge is 0.497 e. The summed E-state index contributed by atoms with van der Waals surface area (Å²) in [5.74, 6) is 1.10. The Labute approximate surface area is 177 Å². The molecule has 1 saturated heterocycles. The Hall–Kier alpha value is -2.34. The third kappa shape index (κ3) is 4.47. The summed E-state index contributed by atoms with van der Waals surface area (Å²) in [5, 5.41) is 0.544. The number of hydrogen-bond acceptors (Lipinski definition) is 5. The van der Waals surface area contributed by atoms with E-state index in [-0.39, 0.29) is 5.91 Å². The number of para-hydroxylation sites is 1. The fourth-order valence-corrected chi connectivity index (χ4v) is 5.28. The molecule has 0 aliphatic carbocycles. The molecule has 5 nitrogen and oxygen atoms in total. The summed E-state index contributed by atoms with van der Waals surface area (Å²) < 4.78 is 5.34. The first-order valence-corrected chi connectivity index (χ1v) is 11.2. The average molecular weight is 412 g/mol. The normalized spacial score (nSPS) is 19.1. The predicted octanol–water partition coefficient (Wildman–Crippen LogP) is 3.73. The number of anilines is 2. The number of thioether (sulfide) groups is 1. The van der Waals surface area contributed by atoms with E-state index in [0.29, 0.717) is 11.8 Å². The highest BCUT2D eigenvalue weighted by molar-refractivity contribution is 8.00. The lowest BCUT2D eigenvalue weighted by Crippen LogP contribution is -2.52. The predicted molar refractivity (Wildman–Crippen MR) is 120 cm³/mol. The molecular weight excluding hydrogens is 382 g/mol. The summed E-state index contributed by atoms with van der Waals surface area (Å²) in [6.45, 7) is 6.85. The van der Waals surface area contributed by atoms with Crippen LogP contribution in [0.4, 0.5) is 11.4 Å². The molecule has 0 spiro atoms. The van der Waals surface area contributed by atoms with Gasteiger partial charge in [0.05, 0.1) is 19.3 Å². The van der Waals surface area contributed by atoms with Crippen molar-refractivity contribution in [3.63, 3.8) is 0 Å². The summed E-state index contributed by atoms with van der Waals surface area (Å²) in [6, 6.07) is 16.6. The lowest BCUT2D eigenvalue weighted by Gasteiger charge is -2.39. The van der Waals surface area contributed by atoms with E-state index in [4.69, 9.17) is 4.74 Å². The van der Waals surface area contributed by atoms with Crippen molar-refractivity contribution >= 4 is 29.0 Å². The van der Waals surface area contributed by atoms with Crippen molar-refractivity contribution in [2.45, 2.75) is 23.5 Å². The van der Waals surface area contributed by atoms with Gasteiger partial charge in [0, 0.05) is 54.6 Å². The molecule has 1 atom stereocenters. The minimum Gasteiger partial charge on any atom is -0.497 e. The zero-order valence-corrected chi connectivity index (χ0v) is 18.0. The molecule has 154 valence electrons. The van der Waals surface area contributed by atoms with Crippen molar-refractivity contribution in [1.29, 1.82) is 0 Å². The third-order valence-corrected chi connectivity index (χ3v) is 7.17. The Morgan fingerprint density at radius 3 is 2.66 bits per heavy atom. The number of nitrogens with zero attached hydrogens (tertiary/aromatic N) is 3. The summed E-state index contributed by atoms with van der Waals surface area (Å²) in [4.78, 5) is 21.0. The van der Waals surface area contributed by atoms with Crippen LogP contribution in [-0.4, -0.2) is 62.4 Å². The van der Waals surface area contributed by atoms with Crippen molar-refractivity contribution in [3.8, 4) is 5.75 Å². The molecule has 0 radical (unpaired) electrons. The highest BCUT2D eigenvalue weighted by Gasteiger charge is 2.28. The summed E-state index contributed by atoms with van der Waals surface area (Å²) in [7, 11) is 1.69. The van der Waals surface area contributed by atoms with E-state index in [1.807, 2.05) is 28.8 Å². The molecule has 2 aromatic carbocycles. The molecule has 0 saturated carbocycles. The molecule has 4 rings (SSSR count). The van der Waals surface area contributed by atoms with Crippen LogP contribution < -0.4 is 14.5 Å². The molecule has 2 aliphatic heterocycles. The first kappa shape index (κ1) is 20.0. The van der Waals surface area contributed by atoms with E-state index in [2.05, 4.69) is 53.1 Å². The maximum Gasteiger partial charge on any atom is 0.242 e. The molecule has 2 heterocycles. The number of hydrogen-bond donors (Lipinski definition) is 0. The number of amides is 1. The fourth-order valence-electron chi connectivity index (χ4n) is 4.03. The van der Waals surface area contributed by atoms with Gasteiger partial charge < -0.3 is 19.4 Å². The first-order chi connectivity index (χ1) is 14.2. The van der Waals surface area contributed by atoms with Gasteiger partial charge in [0.15, 0.2) is 0 Å². The number of piperazine rings is 1. The van der Waals surface area contributed by atoms with Crippen LogP contribution in [0.15, 0.2) is 53.4 Å². The molecule has 0 N–H and O–H groups in total.